The summed E-state index contributed by atoms with van der Waals surface area (Å²) in [5, 5.41) is 4.06. The van der Waals surface area contributed by atoms with Crippen LogP contribution in [-0.4, -0.2) is 30.5 Å². The predicted octanol–water partition coefficient (Wildman–Crippen LogP) is 2.45. The SMILES string of the molecule is COc1ccccc1SC[C@H]1NCCS1. The molecule has 0 aromatic heterocycles. The van der Waals surface area contributed by atoms with Crippen molar-refractivity contribution in [2.45, 2.75) is 10.3 Å². The molecule has 0 spiro atoms. The van der Waals surface area contributed by atoms with E-state index in [1.807, 2.05) is 35.7 Å². The molecule has 0 amide bonds. The van der Waals surface area contributed by atoms with E-state index >= 15 is 0 Å². The average molecular weight is 241 g/mol. The molecule has 2 rings (SSSR count). The zero-order valence-corrected chi connectivity index (χ0v) is 10.4. The Morgan fingerprint density at radius 2 is 2.40 bits per heavy atom. The summed E-state index contributed by atoms with van der Waals surface area (Å²) in [5.41, 5.74) is 0. The number of para-hydroxylation sites is 1. The monoisotopic (exact) mass is 241 g/mol. The van der Waals surface area contributed by atoms with Crippen LogP contribution in [0.5, 0.6) is 5.75 Å². The van der Waals surface area contributed by atoms with E-state index < -0.39 is 0 Å². The Morgan fingerprint density at radius 3 is 3.13 bits per heavy atom. The maximum atomic E-state index is 5.31. The molecule has 1 N–H and O–H groups in total. The zero-order valence-electron chi connectivity index (χ0n) is 8.73. The second kappa shape index (κ2) is 5.68. The fraction of sp³-hybridized carbons (Fsp3) is 0.455. The van der Waals surface area contributed by atoms with Crippen molar-refractivity contribution < 1.29 is 4.74 Å². The molecule has 1 aliphatic rings. The number of ether oxygens (including phenoxy) is 1. The van der Waals surface area contributed by atoms with Gasteiger partial charge in [-0.2, -0.15) is 0 Å². The minimum Gasteiger partial charge on any atom is -0.496 e. The molecule has 1 aromatic carbocycles. The van der Waals surface area contributed by atoms with Gasteiger partial charge in [0.1, 0.15) is 5.75 Å². The lowest BCUT2D eigenvalue weighted by atomic mass is 10.3. The van der Waals surface area contributed by atoms with Gasteiger partial charge >= 0.3 is 0 Å². The molecule has 0 bridgehead atoms. The quantitative estimate of drug-likeness (QED) is 0.817. The van der Waals surface area contributed by atoms with Crippen molar-refractivity contribution >= 4 is 23.5 Å². The van der Waals surface area contributed by atoms with Crippen molar-refractivity contribution in [3.8, 4) is 5.75 Å². The summed E-state index contributed by atoms with van der Waals surface area (Å²) < 4.78 is 5.31. The number of benzene rings is 1. The lowest BCUT2D eigenvalue weighted by Crippen LogP contribution is -2.21. The van der Waals surface area contributed by atoms with Crippen LogP contribution in [0.1, 0.15) is 0 Å². The fourth-order valence-corrected chi connectivity index (χ4v) is 3.75. The summed E-state index contributed by atoms with van der Waals surface area (Å²) in [7, 11) is 1.72. The number of methoxy groups -OCH3 is 1. The third-order valence-electron chi connectivity index (χ3n) is 2.25. The summed E-state index contributed by atoms with van der Waals surface area (Å²) in [6.07, 6.45) is 0. The normalized spacial score (nSPS) is 20.5. The largest absolute Gasteiger partial charge is 0.496 e. The predicted molar refractivity (Wildman–Crippen MR) is 68.0 cm³/mol. The van der Waals surface area contributed by atoms with Gasteiger partial charge in [0.25, 0.3) is 0 Å². The Balaban J connectivity index is 1.91. The van der Waals surface area contributed by atoms with Gasteiger partial charge in [-0.15, -0.1) is 23.5 Å². The first kappa shape index (κ1) is 11.2. The lowest BCUT2D eigenvalue weighted by Gasteiger charge is -2.11. The molecule has 15 heavy (non-hydrogen) atoms. The number of thioether (sulfide) groups is 2. The second-order valence-corrected chi connectivity index (χ2v) is 5.65. The first-order valence-electron chi connectivity index (χ1n) is 5.01. The number of nitrogens with one attached hydrogen (secondary N) is 1. The molecule has 1 aliphatic heterocycles. The van der Waals surface area contributed by atoms with Gasteiger partial charge in [-0.25, -0.2) is 0 Å². The van der Waals surface area contributed by atoms with E-state index in [1.54, 1.807) is 7.11 Å². The van der Waals surface area contributed by atoms with Crippen LogP contribution in [0.4, 0.5) is 0 Å². The lowest BCUT2D eigenvalue weighted by molar-refractivity contribution is 0.405. The minimum atomic E-state index is 0.597. The first-order chi connectivity index (χ1) is 7.40. The molecule has 1 aromatic rings. The molecular weight excluding hydrogens is 226 g/mol. The minimum absolute atomic E-state index is 0.597. The molecular formula is C11H15NOS2. The zero-order chi connectivity index (χ0) is 10.5. The van der Waals surface area contributed by atoms with Crippen molar-refractivity contribution in [2.24, 2.45) is 0 Å². The van der Waals surface area contributed by atoms with Crippen molar-refractivity contribution in [1.29, 1.82) is 0 Å². The molecule has 0 unspecified atom stereocenters. The Kier molecular flexibility index (Phi) is 4.23. The summed E-state index contributed by atoms with van der Waals surface area (Å²) in [6.45, 7) is 1.14. The van der Waals surface area contributed by atoms with Gasteiger partial charge in [0.05, 0.1) is 12.5 Å². The van der Waals surface area contributed by atoms with Crippen LogP contribution in [0, 0.1) is 0 Å². The van der Waals surface area contributed by atoms with Gasteiger partial charge < -0.3 is 10.1 Å². The Morgan fingerprint density at radius 1 is 1.53 bits per heavy atom. The van der Waals surface area contributed by atoms with Gasteiger partial charge in [0.15, 0.2) is 0 Å². The summed E-state index contributed by atoms with van der Waals surface area (Å²) in [4.78, 5) is 1.23. The fourth-order valence-electron chi connectivity index (χ4n) is 1.49. The van der Waals surface area contributed by atoms with Gasteiger partial charge in [0, 0.05) is 22.9 Å². The Labute approximate surface area is 99.2 Å². The third kappa shape index (κ3) is 3.06. The van der Waals surface area contributed by atoms with E-state index in [-0.39, 0.29) is 0 Å². The summed E-state index contributed by atoms with van der Waals surface area (Å²) in [6, 6.07) is 8.19. The first-order valence-corrected chi connectivity index (χ1v) is 7.04. The van der Waals surface area contributed by atoms with Gasteiger partial charge in [-0.3, -0.25) is 0 Å². The molecule has 0 radical (unpaired) electrons. The molecule has 82 valence electrons. The molecule has 1 fully saturated rings. The summed E-state index contributed by atoms with van der Waals surface area (Å²) in [5.74, 6) is 3.31. The van der Waals surface area contributed by atoms with E-state index in [0.717, 1.165) is 18.0 Å². The molecule has 1 saturated heterocycles. The van der Waals surface area contributed by atoms with Gasteiger partial charge in [-0.1, -0.05) is 12.1 Å². The van der Waals surface area contributed by atoms with Gasteiger partial charge in [0.2, 0.25) is 0 Å². The topological polar surface area (TPSA) is 21.3 Å². The van der Waals surface area contributed by atoms with Crippen molar-refractivity contribution in [1.82, 2.24) is 5.32 Å². The maximum Gasteiger partial charge on any atom is 0.132 e. The highest BCUT2D eigenvalue weighted by atomic mass is 32.2. The van der Waals surface area contributed by atoms with Crippen LogP contribution in [0.25, 0.3) is 0 Å². The summed E-state index contributed by atoms with van der Waals surface area (Å²) >= 11 is 3.86. The number of hydrogen-bond acceptors (Lipinski definition) is 4. The van der Waals surface area contributed by atoms with Gasteiger partial charge in [-0.05, 0) is 12.1 Å². The molecule has 1 heterocycles. The molecule has 0 saturated carbocycles. The standard InChI is InChI=1S/C11H15NOS2/c1-13-9-4-2-3-5-10(9)15-8-11-12-6-7-14-11/h2-5,11-12H,6-8H2,1H3/t11-/m0/s1. The van der Waals surface area contributed by atoms with Crippen molar-refractivity contribution in [3.63, 3.8) is 0 Å². The highest BCUT2D eigenvalue weighted by molar-refractivity contribution is 8.03. The van der Waals surface area contributed by atoms with Crippen LogP contribution in [0.3, 0.4) is 0 Å². The Bertz CT molecular complexity index is 313. The second-order valence-electron chi connectivity index (χ2n) is 3.28. The van der Waals surface area contributed by atoms with Crippen molar-refractivity contribution in [2.75, 3.05) is 25.2 Å². The Hall–Kier alpha value is -0.320. The van der Waals surface area contributed by atoms with Crippen LogP contribution < -0.4 is 10.1 Å². The van der Waals surface area contributed by atoms with Crippen LogP contribution in [0.2, 0.25) is 0 Å². The highest BCUT2D eigenvalue weighted by Crippen LogP contribution is 2.31. The van der Waals surface area contributed by atoms with E-state index in [9.17, 15) is 0 Å². The van der Waals surface area contributed by atoms with Crippen LogP contribution in [-0.2, 0) is 0 Å². The van der Waals surface area contributed by atoms with E-state index in [1.165, 1.54) is 10.6 Å². The smallest absolute Gasteiger partial charge is 0.132 e. The highest BCUT2D eigenvalue weighted by Gasteiger charge is 2.15. The molecule has 2 nitrogen and oxygen atoms in total. The van der Waals surface area contributed by atoms with E-state index in [4.69, 9.17) is 4.74 Å². The van der Waals surface area contributed by atoms with E-state index in [2.05, 4.69) is 17.4 Å². The molecule has 0 aliphatic carbocycles. The number of rotatable bonds is 4. The molecule has 1 atom stereocenters. The number of hydrogen-bond donors (Lipinski definition) is 1. The average Bonchev–Trinajstić information content (AvgIpc) is 2.79. The maximum absolute atomic E-state index is 5.31. The van der Waals surface area contributed by atoms with E-state index in [0.29, 0.717) is 5.37 Å². The third-order valence-corrected chi connectivity index (χ3v) is 4.79. The molecule has 4 heteroatoms. The van der Waals surface area contributed by atoms with Crippen molar-refractivity contribution in [3.05, 3.63) is 24.3 Å². The van der Waals surface area contributed by atoms with Crippen LogP contribution in [0.15, 0.2) is 29.2 Å². The van der Waals surface area contributed by atoms with Crippen LogP contribution >= 0.6 is 23.5 Å².